The van der Waals surface area contributed by atoms with Crippen molar-refractivity contribution in [1.82, 2.24) is 15.2 Å². The molecule has 0 bridgehead atoms. The second-order valence-corrected chi connectivity index (χ2v) is 10.9. The van der Waals surface area contributed by atoms with Crippen LogP contribution < -0.4 is 21.7 Å². The maximum absolute atomic E-state index is 11.8. The fourth-order valence-corrected chi connectivity index (χ4v) is 5.90. The molecule has 1 atom stereocenters. The van der Waals surface area contributed by atoms with Crippen LogP contribution in [-0.2, 0) is 13.0 Å². The van der Waals surface area contributed by atoms with Crippen molar-refractivity contribution in [2.24, 2.45) is 5.73 Å². The van der Waals surface area contributed by atoms with E-state index in [2.05, 4.69) is 40.2 Å². The number of hydrogen-bond acceptors (Lipinski definition) is 8. The Morgan fingerprint density at radius 3 is 2.58 bits per heavy atom. The van der Waals surface area contributed by atoms with Gasteiger partial charge in [-0.15, -0.1) is 11.3 Å². The highest BCUT2D eigenvalue weighted by atomic mass is 32.1. The number of hydrogen-bond donors (Lipinski definition) is 4. The first-order valence-electron chi connectivity index (χ1n) is 12.7. The van der Waals surface area contributed by atoms with Crippen molar-refractivity contribution in [3.63, 3.8) is 0 Å². The number of piperidine rings is 1. The second kappa shape index (κ2) is 11.6. The average Bonchev–Trinajstić information content (AvgIpc) is 3.20. The molecule has 9 heteroatoms. The smallest absolute Gasteiger partial charge is 0.260 e. The summed E-state index contributed by atoms with van der Waals surface area (Å²) in [5, 5.41) is 15.1. The van der Waals surface area contributed by atoms with Gasteiger partial charge in [0.05, 0.1) is 11.8 Å². The number of nitrogens with zero attached hydrogens (tertiary/aromatic N) is 3. The van der Waals surface area contributed by atoms with Crippen LogP contribution in [0.2, 0.25) is 0 Å². The SMILES string of the molecule is CCCc1cc(N2CCC(NCC(O)c3ccc(CN(C)C)cc3)CC2)nc2sc(C(N)=O)c(N)c12. The number of aromatic nitrogens is 1. The quantitative estimate of drug-likeness (QED) is 0.330. The summed E-state index contributed by atoms with van der Waals surface area (Å²) in [5.41, 5.74) is 15.6. The molecule has 1 aliphatic rings. The Hall–Kier alpha value is -2.72. The molecule has 2 aromatic heterocycles. The molecule has 4 rings (SSSR count). The third-order valence-corrected chi connectivity index (χ3v) is 7.91. The van der Waals surface area contributed by atoms with Crippen molar-refractivity contribution in [2.75, 3.05) is 44.4 Å². The zero-order valence-electron chi connectivity index (χ0n) is 21.5. The van der Waals surface area contributed by atoms with E-state index >= 15 is 0 Å². The maximum Gasteiger partial charge on any atom is 0.260 e. The lowest BCUT2D eigenvalue weighted by molar-refractivity contribution is 0.100. The average molecular weight is 511 g/mol. The number of aryl methyl sites for hydroxylation is 1. The van der Waals surface area contributed by atoms with Crippen molar-refractivity contribution in [2.45, 2.75) is 51.3 Å². The van der Waals surface area contributed by atoms with Crippen molar-refractivity contribution in [3.8, 4) is 0 Å². The van der Waals surface area contributed by atoms with Crippen molar-refractivity contribution < 1.29 is 9.90 Å². The van der Waals surface area contributed by atoms with E-state index in [0.29, 0.717) is 23.2 Å². The molecule has 194 valence electrons. The Balaban J connectivity index is 1.36. The minimum absolute atomic E-state index is 0.349. The third-order valence-electron chi connectivity index (χ3n) is 6.79. The lowest BCUT2D eigenvalue weighted by Crippen LogP contribution is -2.44. The molecule has 3 aromatic rings. The van der Waals surface area contributed by atoms with Crippen molar-refractivity contribution in [1.29, 1.82) is 0 Å². The molecule has 0 radical (unpaired) electrons. The Kier molecular flexibility index (Phi) is 8.46. The summed E-state index contributed by atoms with van der Waals surface area (Å²) in [4.78, 5) is 22.3. The number of carbonyl (C=O) groups excluding carboxylic acids is 1. The van der Waals surface area contributed by atoms with Crippen LogP contribution in [0.3, 0.4) is 0 Å². The number of anilines is 2. The number of rotatable bonds is 10. The molecule has 1 amide bonds. The molecule has 36 heavy (non-hydrogen) atoms. The summed E-state index contributed by atoms with van der Waals surface area (Å²) in [6, 6.07) is 10.7. The summed E-state index contributed by atoms with van der Waals surface area (Å²) in [5.74, 6) is 0.428. The molecule has 1 aliphatic heterocycles. The molecule has 0 spiro atoms. The van der Waals surface area contributed by atoms with Gasteiger partial charge in [-0.1, -0.05) is 37.6 Å². The van der Waals surface area contributed by atoms with Crippen LogP contribution in [0.1, 0.15) is 58.7 Å². The maximum atomic E-state index is 11.8. The van der Waals surface area contributed by atoms with Crippen LogP contribution in [0.5, 0.6) is 0 Å². The molecule has 0 aliphatic carbocycles. The number of aliphatic hydroxyl groups excluding tert-OH is 1. The number of carbonyl (C=O) groups is 1. The van der Waals surface area contributed by atoms with E-state index in [4.69, 9.17) is 16.5 Å². The summed E-state index contributed by atoms with van der Waals surface area (Å²) in [6.07, 6.45) is 3.26. The van der Waals surface area contributed by atoms with E-state index in [-0.39, 0.29) is 0 Å². The number of nitrogens with two attached hydrogens (primary N) is 2. The Bertz CT molecular complexity index is 1190. The monoisotopic (exact) mass is 510 g/mol. The van der Waals surface area contributed by atoms with Crippen LogP contribution >= 0.6 is 11.3 Å². The van der Waals surface area contributed by atoms with E-state index in [1.807, 2.05) is 26.2 Å². The van der Waals surface area contributed by atoms with E-state index in [9.17, 15) is 9.90 Å². The minimum Gasteiger partial charge on any atom is -0.397 e. The molecule has 0 saturated carbocycles. The Labute approximate surface area is 217 Å². The highest BCUT2D eigenvalue weighted by Gasteiger charge is 2.24. The molecular formula is C27H38N6O2S. The number of nitrogens with one attached hydrogen (secondary N) is 1. The number of pyridine rings is 1. The molecule has 6 N–H and O–H groups in total. The number of fused-ring (bicyclic) bond motifs is 1. The van der Waals surface area contributed by atoms with Gasteiger partial charge in [-0.25, -0.2) is 4.98 Å². The number of thiophene rings is 1. The number of benzene rings is 1. The largest absolute Gasteiger partial charge is 0.397 e. The van der Waals surface area contributed by atoms with Crippen LogP contribution in [-0.4, -0.2) is 60.7 Å². The Morgan fingerprint density at radius 1 is 1.28 bits per heavy atom. The number of aliphatic hydroxyl groups is 1. The number of primary amides is 1. The highest BCUT2D eigenvalue weighted by molar-refractivity contribution is 7.21. The van der Waals surface area contributed by atoms with Gasteiger partial charge in [-0.3, -0.25) is 4.79 Å². The predicted octanol–water partition coefficient (Wildman–Crippen LogP) is 3.28. The van der Waals surface area contributed by atoms with Crippen molar-refractivity contribution in [3.05, 3.63) is 51.9 Å². The summed E-state index contributed by atoms with van der Waals surface area (Å²) < 4.78 is 0. The molecule has 1 unspecified atom stereocenters. The fourth-order valence-electron chi connectivity index (χ4n) is 4.92. The van der Waals surface area contributed by atoms with E-state index in [1.165, 1.54) is 16.9 Å². The summed E-state index contributed by atoms with van der Waals surface area (Å²) in [6.45, 7) is 5.31. The third kappa shape index (κ3) is 5.98. The van der Waals surface area contributed by atoms with Gasteiger partial charge in [-0.2, -0.15) is 0 Å². The summed E-state index contributed by atoms with van der Waals surface area (Å²) >= 11 is 1.28. The Morgan fingerprint density at radius 2 is 1.97 bits per heavy atom. The molecule has 8 nitrogen and oxygen atoms in total. The van der Waals surface area contributed by atoms with E-state index in [0.717, 1.165) is 72.5 Å². The second-order valence-electron chi connectivity index (χ2n) is 9.94. The molecule has 1 saturated heterocycles. The molecule has 1 aromatic carbocycles. The predicted molar refractivity (Wildman–Crippen MR) is 149 cm³/mol. The molecule has 1 fully saturated rings. The van der Waals surface area contributed by atoms with Gasteiger partial charge in [-0.05, 0) is 56.1 Å². The van der Waals surface area contributed by atoms with Gasteiger partial charge < -0.3 is 31.7 Å². The van der Waals surface area contributed by atoms with Gasteiger partial charge in [0.1, 0.15) is 15.5 Å². The van der Waals surface area contributed by atoms with Crippen LogP contribution in [0.4, 0.5) is 11.5 Å². The molecule has 3 heterocycles. The number of nitrogen functional groups attached to an aromatic ring is 1. The van der Waals surface area contributed by atoms with Gasteiger partial charge >= 0.3 is 0 Å². The van der Waals surface area contributed by atoms with Crippen LogP contribution in [0, 0.1) is 0 Å². The minimum atomic E-state index is -0.527. The highest BCUT2D eigenvalue weighted by Crippen LogP contribution is 2.37. The van der Waals surface area contributed by atoms with Gasteiger partial charge in [0.2, 0.25) is 0 Å². The topological polar surface area (TPSA) is 121 Å². The first-order chi connectivity index (χ1) is 17.3. The standard InChI is InChI=1S/C27H38N6O2S/c1-4-5-19-14-22(31-27-23(19)24(28)25(36-27)26(29)35)33-12-10-20(11-13-33)30-15-21(34)18-8-6-17(7-9-18)16-32(2)3/h6-9,14,20-21,30,34H,4-5,10-13,15-16,28H2,1-3H3,(H2,29,35). The zero-order chi connectivity index (χ0) is 25.8. The van der Waals surface area contributed by atoms with Gasteiger partial charge in [0.15, 0.2) is 0 Å². The number of amides is 1. The normalized spacial score (nSPS) is 15.6. The molecular weight excluding hydrogens is 472 g/mol. The summed E-state index contributed by atoms with van der Waals surface area (Å²) in [7, 11) is 4.10. The zero-order valence-corrected chi connectivity index (χ0v) is 22.3. The van der Waals surface area contributed by atoms with Crippen LogP contribution in [0.25, 0.3) is 10.2 Å². The van der Waals surface area contributed by atoms with Gasteiger partial charge in [0.25, 0.3) is 5.91 Å². The first-order valence-corrected chi connectivity index (χ1v) is 13.5. The van der Waals surface area contributed by atoms with Gasteiger partial charge in [0, 0.05) is 37.6 Å². The first kappa shape index (κ1) is 26.3. The van der Waals surface area contributed by atoms with E-state index in [1.54, 1.807) is 0 Å². The lowest BCUT2D eigenvalue weighted by atomic mass is 10.0. The fraction of sp³-hybridized carbons (Fsp3) is 0.481. The van der Waals surface area contributed by atoms with Crippen LogP contribution in [0.15, 0.2) is 30.3 Å². The van der Waals surface area contributed by atoms with Crippen molar-refractivity contribution >= 4 is 39.0 Å². The lowest BCUT2D eigenvalue weighted by Gasteiger charge is -2.34. The van der Waals surface area contributed by atoms with E-state index < -0.39 is 12.0 Å².